The Hall–Kier alpha value is -5.06. The summed E-state index contributed by atoms with van der Waals surface area (Å²) in [5, 5.41) is 39.6. The van der Waals surface area contributed by atoms with Gasteiger partial charge in [-0.1, -0.05) is 48.5 Å². The molecule has 18 nitrogen and oxygen atoms in total. The van der Waals surface area contributed by atoms with E-state index in [0.717, 1.165) is 59.4 Å². The summed E-state index contributed by atoms with van der Waals surface area (Å²) < 4.78 is 57.8. The van der Waals surface area contributed by atoms with E-state index in [2.05, 4.69) is 79.1 Å². The fraction of sp³-hybridized carbons (Fsp3) is 0.429. The van der Waals surface area contributed by atoms with Gasteiger partial charge in [0.15, 0.2) is 0 Å². The standard InChI is InChI=1S/2C21H25N5O4S/c2*22-31(28,29)30-11-14-9-15(10-19(14)27)26-8-7-17-20(23-12-24-21(17)26)25-18-6-5-13-3-1-2-4-16(13)18/h2*1-4,7-8,12,14-15,18-19,27H,5-6,9-11H2,(H2,22,28,29)(H,23,24,25)/t2*14-,15+,18-,19-/m00/s1. The summed E-state index contributed by atoms with van der Waals surface area (Å²) >= 11 is 0. The average molecular weight is 887 g/mol. The second-order valence-electron chi connectivity index (χ2n) is 16.7. The quantitative estimate of drug-likeness (QED) is 0.101. The van der Waals surface area contributed by atoms with Crippen molar-refractivity contribution in [3.05, 3.63) is 108 Å². The van der Waals surface area contributed by atoms with E-state index >= 15 is 0 Å². The highest BCUT2D eigenvalue weighted by Gasteiger charge is 2.37. The van der Waals surface area contributed by atoms with Gasteiger partial charge in [0, 0.05) is 36.3 Å². The SMILES string of the molecule is NS(=O)(=O)OC[C@@H]1C[C@@H](n2ccc3c(N[C@H]4CCc5ccccc54)ncnc32)C[C@@H]1O.NS(=O)(=O)OC[C@@H]1C[C@@H](n2ccc3c(N[C@H]4CCc5ccccc54)ncnc32)C[C@@H]1O. The first-order chi connectivity index (χ1) is 29.8. The molecule has 20 heteroatoms. The van der Waals surface area contributed by atoms with Gasteiger partial charge in [0.2, 0.25) is 0 Å². The van der Waals surface area contributed by atoms with Crippen molar-refractivity contribution in [3.8, 4) is 0 Å². The number of fused-ring (bicyclic) bond motifs is 4. The van der Waals surface area contributed by atoms with E-state index in [-0.39, 0.29) is 49.2 Å². The number of rotatable bonds is 12. The van der Waals surface area contributed by atoms with Crippen molar-refractivity contribution in [2.75, 3.05) is 23.8 Å². The lowest BCUT2D eigenvalue weighted by molar-refractivity contribution is 0.0998. The van der Waals surface area contributed by atoms with Crippen molar-refractivity contribution in [1.82, 2.24) is 29.1 Å². The molecule has 0 saturated heterocycles. The minimum atomic E-state index is -4.03. The number of nitrogens with one attached hydrogen (secondary N) is 2. The molecule has 0 spiro atoms. The smallest absolute Gasteiger partial charge is 0.333 e. The number of nitrogens with two attached hydrogens (primary N) is 2. The zero-order valence-electron chi connectivity index (χ0n) is 33.8. The second-order valence-corrected chi connectivity index (χ2v) is 19.1. The van der Waals surface area contributed by atoms with Crippen LogP contribution in [0.4, 0.5) is 11.6 Å². The number of benzene rings is 2. The lowest BCUT2D eigenvalue weighted by Gasteiger charge is -2.16. The molecule has 8 atom stereocenters. The molecule has 2 saturated carbocycles. The number of aliphatic hydroxyl groups is 2. The van der Waals surface area contributed by atoms with Gasteiger partial charge in [0.25, 0.3) is 0 Å². The van der Waals surface area contributed by atoms with Gasteiger partial charge in [0.05, 0.1) is 48.3 Å². The number of anilines is 2. The molecule has 6 aromatic rings. The third-order valence-corrected chi connectivity index (χ3v) is 13.8. The third kappa shape index (κ3) is 9.04. The van der Waals surface area contributed by atoms with Crippen LogP contribution in [0, 0.1) is 11.8 Å². The Kier molecular flexibility index (Phi) is 11.8. The Bertz CT molecular complexity index is 2610. The van der Waals surface area contributed by atoms with E-state index in [4.69, 9.17) is 18.6 Å². The highest BCUT2D eigenvalue weighted by atomic mass is 32.2. The summed E-state index contributed by atoms with van der Waals surface area (Å²) in [5.74, 6) is 0.960. The van der Waals surface area contributed by atoms with E-state index in [1.54, 1.807) is 12.7 Å². The summed E-state index contributed by atoms with van der Waals surface area (Å²) in [6.07, 6.45) is 11.9. The Labute approximate surface area is 359 Å². The van der Waals surface area contributed by atoms with E-state index < -0.39 is 32.8 Å². The number of nitrogens with zero attached hydrogens (tertiary/aromatic N) is 6. The summed E-state index contributed by atoms with van der Waals surface area (Å²) in [4.78, 5) is 17.9. The highest BCUT2D eigenvalue weighted by molar-refractivity contribution is 7.84. The zero-order chi connectivity index (χ0) is 43.2. The molecule has 4 heterocycles. The van der Waals surface area contributed by atoms with E-state index in [1.165, 1.54) is 22.3 Å². The fourth-order valence-electron chi connectivity index (χ4n) is 9.83. The normalized spacial score (nSPS) is 25.7. The van der Waals surface area contributed by atoms with E-state index in [9.17, 15) is 27.0 Å². The maximum absolute atomic E-state index is 11.1. The largest absolute Gasteiger partial charge is 0.393 e. The summed E-state index contributed by atoms with van der Waals surface area (Å²) in [5.41, 5.74) is 6.93. The minimum absolute atomic E-state index is 0.0171. The molecular formula is C42H50N10O8S2. The number of aliphatic hydroxyl groups excluding tert-OH is 2. The van der Waals surface area contributed by atoms with Gasteiger partial charge in [0.1, 0.15) is 35.6 Å². The van der Waals surface area contributed by atoms with Crippen molar-refractivity contribution in [1.29, 1.82) is 0 Å². The second kappa shape index (κ2) is 17.2. The molecule has 4 aliphatic carbocycles. The van der Waals surface area contributed by atoms with Gasteiger partial charge in [-0.25, -0.2) is 30.2 Å². The Morgan fingerprint density at radius 3 is 1.45 bits per heavy atom. The molecule has 0 bridgehead atoms. The van der Waals surface area contributed by atoms with Gasteiger partial charge >= 0.3 is 20.6 Å². The maximum atomic E-state index is 11.1. The van der Waals surface area contributed by atoms with Crippen molar-refractivity contribution >= 4 is 54.3 Å². The summed E-state index contributed by atoms with van der Waals surface area (Å²) in [6.45, 7) is -0.253. The van der Waals surface area contributed by atoms with Crippen molar-refractivity contribution < 1.29 is 35.4 Å². The van der Waals surface area contributed by atoms with Gasteiger partial charge in [-0.05, 0) is 85.8 Å². The van der Waals surface area contributed by atoms with Crippen LogP contribution >= 0.6 is 0 Å². The molecule has 62 heavy (non-hydrogen) atoms. The van der Waals surface area contributed by atoms with Crippen LogP contribution in [0.2, 0.25) is 0 Å². The van der Waals surface area contributed by atoms with E-state index in [1.807, 2.05) is 33.7 Å². The van der Waals surface area contributed by atoms with Crippen LogP contribution in [0.15, 0.2) is 85.7 Å². The number of hydrogen-bond acceptors (Lipinski definition) is 14. The van der Waals surface area contributed by atoms with E-state index in [0.29, 0.717) is 25.7 Å². The van der Waals surface area contributed by atoms with Crippen LogP contribution in [0.1, 0.15) is 84.9 Å². The Balaban J connectivity index is 0.000000158. The lowest BCUT2D eigenvalue weighted by atomic mass is 10.1. The zero-order valence-corrected chi connectivity index (χ0v) is 35.4. The van der Waals surface area contributed by atoms with Crippen LogP contribution < -0.4 is 20.9 Å². The maximum Gasteiger partial charge on any atom is 0.333 e. The predicted molar refractivity (Wildman–Crippen MR) is 231 cm³/mol. The molecule has 8 N–H and O–H groups in total. The average Bonchev–Trinajstić information content (AvgIpc) is 4.11. The topological polar surface area (TPSA) is 265 Å². The molecule has 10 rings (SSSR count). The first-order valence-electron chi connectivity index (χ1n) is 20.8. The lowest BCUT2D eigenvalue weighted by Crippen LogP contribution is -2.24. The first kappa shape index (κ1) is 42.3. The molecule has 0 radical (unpaired) electrons. The fourth-order valence-corrected chi connectivity index (χ4v) is 10.6. The Morgan fingerprint density at radius 1 is 0.613 bits per heavy atom. The van der Waals surface area contributed by atoms with Gasteiger partial charge in [-0.3, -0.25) is 8.37 Å². The molecule has 2 aromatic carbocycles. The molecule has 0 aliphatic heterocycles. The first-order valence-corrected chi connectivity index (χ1v) is 23.7. The molecule has 0 amide bonds. The van der Waals surface area contributed by atoms with Crippen molar-refractivity contribution in [3.63, 3.8) is 0 Å². The molecule has 4 aliphatic rings. The van der Waals surface area contributed by atoms with Gasteiger partial charge in [-0.15, -0.1) is 0 Å². The molecular weight excluding hydrogens is 837 g/mol. The Morgan fingerprint density at radius 2 is 1.03 bits per heavy atom. The van der Waals surface area contributed by atoms with Crippen LogP contribution in [0.25, 0.3) is 22.1 Å². The minimum Gasteiger partial charge on any atom is -0.393 e. The monoisotopic (exact) mass is 886 g/mol. The predicted octanol–water partition coefficient (Wildman–Crippen LogP) is 4.13. The molecule has 4 aromatic heterocycles. The summed E-state index contributed by atoms with van der Waals surface area (Å²) in [7, 11) is -8.05. The van der Waals surface area contributed by atoms with Gasteiger partial charge in [-0.2, -0.15) is 16.8 Å². The van der Waals surface area contributed by atoms with Crippen LogP contribution in [-0.4, -0.2) is 81.5 Å². The van der Waals surface area contributed by atoms with Crippen LogP contribution in [0.5, 0.6) is 0 Å². The third-order valence-electron chi connectivity index (χ3n) is 12.9. The van der Waals surface area contributed by atoms with Crippen LogP contribution in [0.3, 0.4) is 0 Å². The molecule has 328 valence electrons. The molecule has 2 fully saturated rings. The van der Waals surface area contributed by atoms with Crippen LogP contribution in [-0.2, 0) is 41.8 Å². The number of aromatic nitrogens is 6. The summed E-state index contributed by atoms with van der Waals surface area (Å²) in [6, 6.07) is 21.3. The van der Waals surface area contributed by atoms with Crippen molar-refractivity contribution in [2.45, 2.75) is 87.7 Å². The highest BCUT2D eigenvalue weighted by Crippen LogP contribution is 2.41. The molecule has 0 unspecified atom stereocenters. The number of aryl methyl sites for hydroxylation is 2. The van der Waals surface area contributed by atoms with Gasteiger partial charge < -0.3 is 30.0 Å². The van der Waals surface area contributed by atoms with Crippen molar-refractivity contribution in [2.24, 2.45) is 22.1 Å². The number of hydrogen-bond donors (Lipinski definition) is 6.